The molecular weight excluding hydrogens is 228 g/mol. The van der Waals surface area contributed by atoms with Gasteiger partial charge in [0.2, 0.25) is 0 Å². The Kier molecular flexibility index (Phi) is 5.50. The molecule has 0 aromatic carbocycles. The molecule has 1 rings (SSSR count). The fraction of sp³-hybridized carbons (Fsp3) is 0.357. The first kappa shape index (κ1) is 14.0. The van der Waals surface area contributed by atoms with Crippen LogP contribution in [0.5, 0.6) is 0 Å². The highest BCUT2D eigenvalue weighted by molar-refractivity contribution is 6.29. The summed E-state index contributed by atoms with van der Waals surface area (Å²) in [5.74, 6) is 0. The van der Waals surface area contributed by atoms with E-state index in [0.29, 0.717) is 5.15 Å². The second kappa shape index (κ2) is 6.66. The maximum atomic E-state index is 6.03. The van der Waals surface area contributed by atoms with Crippen molar-refractivity contribution in [1.82, 2.24) is 4.98 Å². The Bertz CT molecular complexity index is 450. The van der Waals surface area contributed by atoms with E-state index in [1.807, 2.05) is 26.0 Å². The van der Waals surface area contributed by atoms with E-state index in [-0.39, 0.29) is 0 Å². The molecule has 0 bridgehead atoms. The second-order valence-corrected chi connectivity index (χ2v) is 4.53. The first-order chi connectivity index (χ1) is 8.04. The van der Waals surface area contributed by atoms with E-state index >= 15 is 0 Å². The first-order valence-electron chi connectivity index (χ1n) is 5.81. The van der Waals surface area contributed by atoms with Crippen molar-refractivity contribution >= 4 is 25.5 Å². The van der Waals surface area contributed by atoms with Crippen LogP contribution in [0.15, 0.2) is 29.4 Å². The number of rotatable bonds is 4. The van der Waals surface area contributed by atoms with Crippen LogP contribution in [-0.4, -0.2) is 12.8 Å². The van der Waals surface area contributed by atoms with E-state index in [9.17, 15) is 0 Å². The van der Waals surface area contributed by atoms with Crippen LogP contribution in [0.4, 0.5) is 0 Å². The van der Waals surface area contributed by atoms with Gasteiger partial charge in [-0.3, -0.25) is 0 Å². The van der Waals surface area contributed by atoms with Crippen LogP contribution >= 0.6 is 11.6 Å². The average Bonchev–Trinajstić information content (AvgIpc) is 2.29. The van der Waals surface area contributed by atoms with Crippen molar-refractivity contribution < 1.29 is 0 Å². The fourth-order valence-corrected chi connectivity index (χ4v) is 1.66. The van der Waals surface area contributed by atoms with E-state index in [1.54, 1.807) is 6.20 Å². The largest absolute Gasteiger partial charge is 0.244 e. The van der Waals surface area contributed by atoms with E-state index in [2.05, 4.69) is 18.0 Å². The third-order valence-electron chi connectivity index (χ3n) is 2.62. The lowest BCUT2D eigenvalue weighted by atomic mass is 9.86. The van der Waals surface area contributed by atoms with Gasteiger partial charge in [-0.2, -0.15) is 0 Å². The van der Waals surface area contributed by atoms with Gasteiger partial charge in [0.05, 0.1) is 0 Å². The van der Waals surface area contributed by atoms with E-state index < -0.39 is 0 Å². The van der Waals surface area contributed by atoms with Crippen LogP contribution in [0.3, 0.4) is 0 Å². The van der Waals surface area contributed by atoms with E-state index in [4.69, 9.17) is 19.4 Å². The molecule has 3 heteroatoms. The molecule has 0 N–H and O–H groups in total. The molecule has 0 fully saturated rings. The molecule has 1 nitrogen and oxygen atoms in total. The standard InChI is InChI=1S/C14H17BClN/c1-4-5-6-10(2)13(15)8-12-9-17-14(16)7-11(12)3/h6-9H,4-5H2,1-3H3/b10-6+,13-8+. The van der Waals surface area contributed by atoms with E-state index in [0.717, 1.165) is 35.0 Å². The number of aryl methyl sites for hydroxylation is 1. The molecular formula is C14H17BClN. The lowest BCUT2D eigenvalue weighted by Gasteiger charge is -2.05. The van der Waals surface area contributed by atoms with Gasteiger partial charge >= 0.3 is 0 Å². The summed E-state index contributed by atoms with van der Waals surface area (Å²) >= 11 is 5.81. The van der Waals surface area contributed by atoms with Crippen LogP contribution in [0.25, 0.3) is 6.08 Å². The van der Waals surface area contributed by atoms with Gasteiger partial charge in [0, 0.05) is 6.20 Å². The van der Waals surface area contributed by atoms with Crippen LogP contribution in [0.2, 0.25) is 5.15 Å². The van der Waals surface area contributed by atoms with Gasteiger partial charge in [0.25, 0.3) is 0 Å². The molecule has 0 aliphatic heterocycles. The van der Waals surface area contributed by atoms with Gasteiger partial charge in [0.15, 0.2) is 0 Å². The Morgan fingerprint density at radius 2 is 2.24 bits per heavy atom. The molecule has 0 spiro atoms. The minimum absolute atomic E-state index is 0.511. The third kappa shape index (κ3) is 4.39. The molecule has 0 saturated carbocycles. The molecule has 0 aliphatic carbocycles. The summed E-state index contributed by atoms with van der Waals surface area (Å²) in [6.07, 6.45) is 8.03. The van der Waals surface area contributed by atoms with Crippen LogP contribution in [0.1, 0.15) is 37.8 Å². The van der Waals surface area contributed by atoms with Crippen LogP contribution in [-0.2, 0) is 0 Å². The number of halogens is 1. The molecule has 0 aliphatic rings. The molecule has 0 atom stereocenters. The summed E-state index contributed by atoms with van der Waals surface area (Å²) < 4.78 is 0. The Morgan fingerprint density at radius 1 is 1.53 bits per heavy atom. The van der Waals surface area contributed by atoms with Gasteiger partial charge in [-0.25, -0.2) is 4.98 Å². The molecule has 88 valence electrons. The first-order valence-corrected chi connectivity index (χ1v) is 6.18. The minimum atomic E-state index is 0.511. The Hall–Kier alpha value is -1.02. The molecule has 1 aromatic heterocycles. The highest BCUT2D eigenvalue weighted by Gasteiger charge is 1.99. The van der Waals surface area contributed by atoms with Crippen LogP contribution < -0.4 is 0 Å². The highest BCUT2D eigenvalue weighted by Crippen LogP contribution is 2.17. The predicted octanol–water partition coefficient (Wildman–Crippen LogP) is 4.30. The zero-order chi connectivity index (χ0) is 12.8. The van der Waals surface area contributed by atoms with Crippen molar-refractivity contribution in [2.75, 3.05) is 0 Å². The summed E-state index contributed by atoms with van der Waals surface area (Å²) in [6, 6.07) is 1.84. The van der Waals surface area contributed by atoms with Gasteiger partial charge in [0.1, 0.15) is 13.0 Å². The summed E-state index contributed by atoms with van der Waals surface area (Å²) in [5, 5.41) is 0.511. The molecule has 0 saturated heterocycles. The molecule has 2 radical (unpaired) electrons. The number of unbranched alkanes of at least 4 members (excludes halogenated alkanes) is 1. The van der Waals surface area contributed by atoms with Gasteiger partial charge in [-0.1, -0.05) is 48.1 Å². The fourth-order valence-electron chi connectivity index (χ4n) is 1.44. The molecule has 0 amide bonds. The Morgan fingerprint density at radius 3 is 2.82 bits per heavy atom. The SMILES string of the molecule is [B]C(=C/c1cnc(Cl)cc1C)/C(C)=C/CCC. The minimum Gasteiger partial charge on any atom is -0.244 e. The Balaban J connectivity index is 2.94. The smallest absolute Gasteiger partial charge is 0.129 e. The lowest BCUT2D eigenvalue weighted by molar-refractivity contribution is 0.952. The van der Waals surface area contributed by atoms with Crippen molar-refractivity contribution in [1.29, 1.82) is 0 Å². The predicted molar refractivity (Wildman–Crippen MR) is 76.4 cm³/mol. The highest BCUT2D eigenvalue weighted by atomic mass is 35.5. The summed E-state index contributed by atoms with van der Waals surface area (Å²) in [6.45, 7) is 6.18. The summed E-state index contributed by atoms with van der Waals surface area (Å²) in [5.41, 5.74) is 3.99. The Labute approximate surface area is 110 Å². The van der Waals surface area contributed by atoms with Crippen molar-refractivity contribution in [3.05, 3.63) is 45.7 Å². The quantitative estimate of drug-likeness (QED) is 0.438. The topological polar surface area (TPSA) is 12.9 Å². The summed E-state index contributed by atoms with van der Waals surface area (Å²) in [7, 11) is 6.03. The van der Waals surface area contributed by atoms with Crippen molar-refractivity contribution in [2.24, 2.45) is 0 Å². The van der Waals surface area contributed by atoms with E-state index in [1.165, 1.54) is 0 Å². The van der Waals surface area contributed by atoms with Crippen molar-refractivity contribution in [3.63, 3.8) is 0 Å². The number of aromatic nitrogens is 1. The number of nitrogens with zero attached hydrogens (tertiary/aromatic N) is 1. The maximum absolute atomic E-state index is 6.03. The molecule has 1 heterocycles. The number of pyridine rings is 1. The molecule has 0 unspecified atom stereocenters. The van der Waals surface area contributed by atoms with Gasteiger partial charge < -0.3 is 0 Å². The maximum Gasteiger partial charge on any atom is 0.129 e. The molecule has 1 aromatic rings. The average molecular weight is 246 g/mol. The zero-order valence-electron chi connectivity index (χ0n) is 10.6. The van der Waals surface area contributed by atoms with Gasteiger partial charge in [-0.05, 0) is 37.5 Å². The van der Waals surface area contributed by atoms with Crippen LogP contribution in [0, 0.1) is 6.92 Å². The normalized spacial score (nSPS) is 12.9. The van der Waals surface area contributed by atoms with Gasteiger partial charge in [-0.15, -0.1) is 0 Å². The number of allylic oxidation sites excluding steroid dienone is 3. The number of hydrogen-bond acceptors (Lipinski definition) is 1. The third-order valence-corrected chi connectivity index (χ3v) is 2.83. The molecule has 17 heavy (non-hydrogen) atoms. The second-order valence-electron chi connectivity index (χ2n) is 4.14. The monoisotopic (exact) mass is 245 g/mol. The van der Waals surface area contributed by atoms with Crippen molar-refractivity contribution in [3.8, 4) is 0 Å². The van der Waals surface area contributed by atoms with Crippen molar-refractivity contribution in [2.45, 2.75) is 33.6 Å². The summed E-state index contributed by atoms with van der Waals surface area (Å²) in [4.78, 5) is 4.06. The lowest BCUT2D eigenvalue weighted by Crippen LogP contribution is -1.89. The number of hydrogen-bond donors (Lipinski definition) is 0. The zero-order valence-corrected chi connectivity index (χ0v) is 11.4.